The summed E-state index contributed by atoms with van der Waals surface area (Å²) in [5.41, 5.74) is 1.06. The zero-order chi connectivity index (χ0) is 19.5. The summed E-state index contributed by atoms with van der Waals surface area (Å²) in [7, 11) is -3.65. The molecule has 142 valence electrons. The maximum Gasteiger partial charge on any atom is 0.265 e. The predicted octanol–water partition coefficient (Wildman–Crippen LogP) is 4.34. The van der Waals surface area contributed by atoms with Crippen molar-refractivity contribution >= 4 is 33.0 Å². The highest BCUT2D eigenvalue weighted by Gasteiger charge is 2.22. The average Bonchev–Trinajstić information content (AvgIpc) is 2.87. The van der Waals surface area contributed by atoms with Crippen molar-refractivity contribution < 1.29 is 13.2 Å². The normalized spacial score (nSPS) is 12.2. The Hall–Kier alpha value is -1.70. The summed E-state index contributed by atoms with van der Waals surface area (Å²) in [4.78, 5) is 14.4. The highest BCUT2D eigenvalue weighted by Crippen LogP contribution is 2.24. The van der Waals surface area contributed by atoms with Gasteiger partial charge >= 0.3 is 0 Å². The van der Waals surface area contributed by atoms with Gasteiger partial charge in [-0.15, -0.1) is 11.3 Å². The fourth-order valence-electron chi connectivity index (χ4n) is 2.54. The van der Waals surface area contributed by atoms with Crippen LogP contribution in [-0.4, -0.2) is 19.9 Å². The summed E-state index contributed by atoms with van der Waals surface area (Å²) in [5.74, 6) is -0.223. The number of amides is 1. The first-order chi connectivity index (χ1) is 12.0. The number of hydrogen-bond donors (Lipinski definition) is 2. The lowest BCUT2D eigenvalue weighted by atomic mass is 10.1. The van der Waals surface area contributed by atoms with Crippen LogP contribution in [0, 0.1) is 6.92 Å². The SMILES string of the molecule is CCCc1cc(C(=O)Nc2cccc(S(=O)(=O)NC(C)(C)C)c2)sc1C. The number of aryl methyl sites for hydroxylation is 2. The van der Waals surface area contributed by atoms with Gasteiger partial charge in [0.1, 0.15) is 0 Å². The molecule has 0 atom stereocenters. The molecule has 0 aliphatic carbocycles. The lowest BCUT2D eigenvalue weighted by Gasteiger charge is -2.20. The van der Waals surface area contributed by atoms with Crippen molar-refractivity contribution in [1.82, 2.24) is 4.72 Å². The van der Waals surface area contributed by atoms with E-state index in [0.29, 0.717) is 10.6 Å². The van der Waals surface area contributed by atoms with Crippen molar-refractivity contribution in [1.29, 1.82) is 0 Å². The number of carbonyl (C=O) groups excluding carboxylic acids is 1. The van der Waals surface area contributed by atoms with Crippen LogP contribution in [0.4, 0.5) is 5.69 Å². The number of thiophene rings is 1. The van der Waals surface area contributed by atoms with Crippen molar-refractivity contribution in [2.24, 2.45) is 0 Å². The topological polar surface area (TPSA) is 75.3 Å². The second-order valence-electron chi connectivity index (χ2n) is 7.28. The third-order valence-electron chi connectivity index (χ3n) is 3.61. The Labute approximate surface area is 159 Å². The van der Waals surface area contributed by atoms with E-state index >= 15 is 0 Å². The molecule has 0 radical (unpaired) electrons. The number of sulfonamides is 1. The second kappa shape index (κ2) is 7.90. The summed E-state index contributed by atoms with van der Waals surface area (Å²) < 4.78 is 27.5. The molecular formula is C19H26N2O3S2. The Morgan fingerprint density at radius 2 is 1.88 bits per heavy atom. The number of carbonyl (C=O) groups is 1. The van der Waals surface area contributed by atoms with E-state index in [4.69, 9.17) is 0 Å². The van der Waals surface area contributed by atoms with Crippen molar-refractivity contribution in [2.45, 2.75) is 57.9 Å². The van der Waals surface area contributed by atoms with Crippen LogP contribution in [0.25, 0.3) is 0 Å². The van der Waals surface area contributed by atoms with Gasteiger partial charge in [-0.1, -0.05) is 19.4 Å². The molecule has 5 nitrogen and oxygen atoms in total. The molecule has 0 aliphatic rings. The molecular weight excluding hydrogens is 368 g/mol. The van der Waals surface area contributed by atoms with E-state index in [1.807, 2.05) is 13.0 Å². The third kappa shape index (κ3) is 5.40. The first-order valence-corrected chi connectivity index (χ1v) is 10.9. The third-order valence-corrected chi connectivity index (χ3v) is 6.45. The van der Waals surface area contributed by atoms with Gasteiger partial charge in [0.25, 0.3) is 5.91 Å². The summed E-state index contributed by atoms with van der Waals surface area (Å²) in [6, 6.07) is 8.20. The zero-order valence-corrected chi connectivity index (χ0v) is 17.5. The fourth-order valence-corrected chi connectivity index (χ4v) is 4.98. The van der Waals surface area contributed by atoms with Crippen LogP contribution in [0.2, 0.25) is 0 Å². The molecule has 0 unspecified atom stereocenters. The first-order valence-electron chi connectivity index (χ1n) is 8.56. The Morgan fingerprint density at radius 3 is 2.50 bits per heavy atom. The Balaban J connectivity index is 2.20. The van der Waals surface area contributed by atoms with E-state index < -0.39 is 15.6 Å². The minimum absolute atomic E-state index is 0.124. The molecule has 0 spiro atoms. The monoisotopic (exact) mass is 394 g/mol. The molecule has 1 aromatic carbocycles. The van der Waals surface area contributed by atoms with E-state index in [-0.39, 0.29) is 10.8 Å². The van der Waals surface area contributed by atoms with Crippen LogP contribution in [0.3, 0.4) is 0 Å². The molecule has 2 aromatic rings. The quantitative estimate of drug-likeness (QED) is 0.765. The smallest absolute Gasteiger partial charge is 0.265 e. The number of benzene rings is 1. The molecule has 26 heavy (non-hydrogen) atoms. The van der Waals surface area contributed by atoms with Crippen LogP contribution in [0.1, 0.15) is 54.2 Å². The molecule has 1 amide bonds. The van der Waals surface area contributed by atoms with Gasteiger partial charge in [0.15, 0.2) is 0 Å². The minimum atomic E-state index is -3.65. The van der Waals surface area contributed by atoms with E-state index in [1.165, 1.54) is 29.0 Å². The summed E-state index contributed by atoms with van der Waals surface area (Å²) in [6.07, 6.45) is 1.97. The van der Waals surface area contributed by atoms with Crippen LogP contribution in [-0.2, 0) is 16.4 Å². The van der Waals surface area contributed by atoms with Gasteiger partial charge in [0, 0.05) is 16.1 Å². The largest absolute Gasteiger partial charge is 0.321 e. The summed E-state index contributed by atoms with van der Waals surface area (Å²) >= 11 is 1.46. The molecule has 1 aromatic heterocycles. The van der Waals surface area contributed by atoms with Gasteiger partial charge < -0.3 is 5.32 Å². The second-order valence-corrected chi connectivity index (χ2v) is 10.2. The van der Waals surface area contributed by atoms with Gasteiger partial charge in [-0.05, 0) is 63.9 Å². The molecule has 1 heterocycles. The van der Waals surface area contributed by atoms with Crippen molar-refractivity contribution in [3.8, 4) is 0 Å². The molecule has 2 N–H and O–H groups in total. The summed E-state index contributed by atoms with van der Waals surface area (Å²) in [6.45, 7) is 9.46. The van der Waals surface area contributed by atoms with Crippen LogP contribution in [0.5, 0.6) is 0 Å². The molecule has 0 fully saturated rings. The Bertz CT molecular complexity index is 894. The molecule has 2 rings (SSSR count). The molecule has 0 saturated carbocycles. The van der Waals surface area contributed by atoms with E-state index in [1.54, 1.807) is 32.9 Å². The van der Waals surface area contributed by atoms with Crippen molar-refractivity contribution in [2.75, 3.05) is 5.32 Å². The fraction of sp³-hybridized carbons (Fsp3) is 0.421. The Kier molecular flexibility index (Phi) is 6.26. The average molecular weight is 395 g/mol. The van der Waals surface area contributed by atoms with E-state index in [2.05, 4.69) is 17.0 Å². The first kappa shape index (κ1) is 20.6. The van der Waals surface area contributed by atoms with Gasteiger partial charge in [-0.25, -0.2) is 13.1 Å². The van der Waals surface area contributed by atoms with Crippen molar-refractivity contribution in [3.63, 3.8) is 0 Å². The van der Waals surface area contributed by atoms with Crippen LogP contribution in [0.15, 0.2) is 35.2 Å². The maximum absolute atomic E-state index is 12.5. The number of hydrogen-bond acceptors (Lipinski definition) is 4. The predicted molar refractivity (Wildman–Crippen MR) is 108 cm³/mol. The van der Waals surface area contributed by atoms with Gasteiger partial charge in [-0.2, -0.15) is 0 Å². The van der Waals surface area contributed by atoms with Crippen LogP contribution >= 0.6 is 11.3 Å². The van der Waals surface area contributed by atoms with E-state index in [0.717, 1.165) is 17.7 Å². The van der Waals surface area contributed by atoms with Gasteiger partial charge in [-0.3, -0.25) is 4.79 Å². The highest BCUT2D eigenvalue weighted by molar-refractivity contribution is 7.89. The number of nitrogens with one attached hydrogen (secondary N) is 2. The maximum atomic E-state index is 12.5. The van der Waals surface area contributed by atoms with Gasteiger partial charge in [0.2, 0.25) is 10.0 Å². The van der Waals surface area contributed by atoms with Crippen LogP contribution < -0.4 is 10.0 Å². The molecule has 7 heteroatoms. The Morgan fingerprint density at radius 1 is 1.19 bits per heavy atom. The minimum Gasteiger partial charge on any atom is -0.321 e. The highest BCUT2D eigenvalue weighted by atomic mass is 32.2. The zero-order valence-electron chi connectivity index (χ0n) is 15.8. The summed E-state index contributed by atoms with van der Waals surface area (Å²) in [5, 5.41) is 2.80. The van der Waals surface area contributed by atoms with Gasteiger partial charge in [0.05, 0.1) is 9.77 Å². The molecule has 0 saturated heterocycles. The van der Waals surface area contributed by atoms with Crippen molar-refractivity contribution in [3.05, 3.63) is 45.6 Å². The number of rotatable bonds is 6. The standard InChI is InChI=1S/C19H26N2O3S2/c1-6-8-14-11-17(25-13(14)2)18(22)20-15-9-7-10-16(12-15)26(23,24)21-19(3,4)5/h7,9-12,21H,6,8H2,1-5H3,(H,20,22). The lowest BCUT2D eigenvalue weighted by molar-refractivity contribution is 0.103. The number of anilines is 1. The molecule has 0 bridgehead atoms. The molecule has 0 aliphatic heterocycles. The van der Waals surface area contributed by atoms with E-state index in [9.17, 15) is 13.2 Å². The lowest BCUT2D eigenvalue weighted by Crippen LogP contribution is -2.40.